The van der Waals surface area contributed by atoms with E-state index in [-0.39, 0.29) is 29.2 Å². The van der Waals surface area contributed by atoms with E-state index in [4.69, 9.17) is 15.3 Å². The maximum Gasteiger partial charge on any atom is 0.350 e. The fourth-order valence-electron chi connectivity index (χ4n) is 1.60. The zero-order valence-corrected chi connectivity index (χ0v) is 12.1. The summed E-state index contributed by atoms with van der Waals surface area (Å²) in [5, 5.41) is 37.2. The lowest BCUT2D eigenvalue weighted by Gasteiger charge is -2.09. The summed E-state index contributed by atoms with van der Waals surface area (Å²) in [7, 11) is 0. The Kier molecular flexibility index (Phi) is 5.69. The number of hydrogen-bond donors (Lipinski definition) is 1. The number of nitriles is 3. The van der Waals surface area contributed by atoms with Gasteiger partial charge in [-0.15, -0.1) is 0 Å². The average Bonchev–Trinajstić information content (AvgIpc) is 2.50. The highest BCUT2D eigenvalue weighted by atomic mass is 16.5. The zero-order valence-electron chi connectivity index (χ0n) is 12.1. The van der Waals surface area contributed by atoms with Crippen molar-refractivity contribution >= 4 is 11.5 Å². The minimum Gasteiger partial charge on any atom is -0.506 e. The van der Waals surface area contributed by atoms with Gasteiger partial charge in [0.1, 0.15) is 24.0 Å². The highest BCUT2D eigenvalue weighted by molar-refractivity contribution is 6.05. The van der Waals surface area contributed by atoms with Crippen molar-refractivity contribution in [3.8, 4) is 24.0 Å². The molecule has 0 bridgehead atoms. The molecule has 0 heterocycles. The Balaban J connectivity index is 3.39. The molecule has 0 saturated carbocycles. The van der Waals surface area contributed by atoms with E-state index < -0.39 is 17.3 Å². The Bertz CT molecular complexity index is 743. The molecule has 0 atom stereocenters. The number of hydrogen-bond acceptors (Lipinski definition) is 6. The summed E-state index contributed by atoms with van der Waals surface area (Å²) in [6.45, 7) is 3.76. The van der Waals surface area contributed by atoms with Crippen LogP contribution < -0.4 is 0 Å². The van der Waals surface area contributed by atoms with E-state index in [1.165, 1.54) is 18.2 Å². The van der Waals surface area contributed by atoms with Crippen molar-refractivity contribution in [1.29, 1.82) is 15.8 Å². The van der Waals surface area contributed by atoms with Gasteiger partial charge in [0.25, 0.3) is 0 Å². The molecule has 0 radical (unpaired) electrons. The third-order valence-corrected chi connectivity index (χ3v) is 2.65. The summed E-state index contributed by atoms with van der Waals surface area (Å²) < 4.78 is 4.94. The topological polar surface area (TPSA) is 118 Å². The summed E-state index contributed by atoms with van der Waals surface area (Å²) in [4.78, 5) is 11.9. The maximum atomic E-state index is 11.9. The molecular formula is C16H13N3O3. The lowest BCUT2D eigenvalue weighted by molar-refractivity contribution is -0.139. The fourth-order valence-corrected chi connectivity index (χ4v) is 1.60. The molecule has 1 aromatic rings. The van der Waals surface area contributed by atoms with Crippen LogP contribution in [0.5, 0.6) is 5.75 Å². The van der Waals surface area contributed by atoms with Crippen molar-refractivity contribution in [3.05, 3.63) is 34.9 Å². The van der Waals surface area contributed by atoms with Crippen LogP contribution in [-0.4, -0.2) is 17.7 Å². The van der Waals surface area contributed by atoms with E-state index in [0.29, 0.717) is 0 Å². The van der Waals surface area contributed by atoms with Crippen molar-refractivity contribution < 1.29 is 14.6 Å². The van der Waals surface area contributed by atoms with Gasteiger partial charge >= 0.3 is 5.97 Å². The third-order valence-electron chi connectivity index (χ3n) is 2.65. The van der Waals surface area contributed by atoms with E-state index in [1.807, 2.05) is 13.8 Å². The monoisotopic (exact) mass is 295 g/mol. The molecule has 0 saturated heterocycles. The van der Waals surface area contributed by atoms with Crippen LogP contribution in [0.2, 0.25) is 0 Å². The lowest BCUT2D eigenvalue weighted by atomic mass is 9.98. The second-order valence-corrected chi connectivity index (χ2v) is 4.78. The number of ether oxygens (including phenoxy) is 1. The molecule has 6 heteroatoms. The second-order valence-electron chi connectivity index (χ2n) is 4.78. The van der Waals surface area contributed by atoms with Crippen molar-refractivity contribution in [2.45, 2.75) is 13.8 Å². The van der Waals surface area contributed by atoms with Gasteiger partial charge in [0.2, 0.25) is 0 Å². The predicted molar refractivity (Wildman–Crippen MR) is 76.8 cm³/mol. The number of aromatic hydroxyl groups is 1. The summed E-state index contributed by atoms with van der Waals surface area (Å²) in [6.07, 6.45) is 0. The predicted octanol–water partition coefficient (Wildman–Crippen LogP) is 2.26. The standard InChI is InChI=1S/C16H13N3O3/c1-10(2)9-22-16(21)14(8-19)13(7-18)12-5-3-4-11(6-17)15(12)20/h3-5,10,20H,9H2,1-2H3. The quantitative estimate of drug-likeness (QED) is 0.517. The van der Waals surface area contributed by atoms with Crippen LogP contribution in [0, 0.1) is 39.9 Å². The number of carbonyl (C=O) groups excluding carboxylic acids is 1. The molecule has 22 heavy (non-hydrogen) atoms. The van der Waals surface area contributed by atoms with Crippen molar-refractivity contribution in [2.75, 3.05) is 6.61 Å². The molecule has 110 valence electrons. The van der Waals surface area contributed by atoms with Crippen LogP contribution in [-0.2, 0) is 9.53 Å². The number of nitrogens with zero attached hydrogens (tertiary/aromatic N) is 3. The van der Waals surface area contributed by atoms with Crippen LogP contribution in [0.1, 0.15) is 25.0 Å². The van der Waals surface area contributed by atoms with E-state index in [2.05, 4.69) is 0 Å². The van der Waals surface area contributed by atoms with E-state index in [1.54, 1.807) is 18.2 Å². The first-order valence-corrected chi connectivity index (χ1v) is 6.40. The zero-order chi connectivity index (χ0) is 16.7. The highest BCUT2D eigenvalue weighted by Crippen LogP contribution is 2.30. The van der Waals surface area contributed by atoms with E-state index in [9.17, 15) is 15.2 Å². The van der Waals surface area contributed by atoms with E-state index >= 15 is 0 Å². The molecule has 1 aromatic carbocycles. The normalized spacial score (nSPS) is 10.9. The maximum absolute atomic E-state index is 11.9. The number of carbonyl (C=O) groups is 1. The van der Waals surface area contributed by atoms with E-state index in [0.717, 1.165) is 0 Å². The van der Waals surface area contributed by atoms with Gasteiger partial charge in [-0.25, -0.2) is 4.79 Å². The molecule has 1 rings (SSSR count). The first-order chi connectivity index (χ1) is 10.5. The van der Waals surface area contributed by atoms with Crippen LogP contribution >= 0.6 is 0 Å². The smallest absolute Gasteiger partial charge is 0.350 e. The van der Waals surface area contributed by atoms with Crippen molar-refractivity contribution in [2.24, 2.45) is 5.92 Å². The Labute approximate surface area is 128 Å². The third kappa shape index (κ3) is 3.62. The molecule has 0 aromatic heterocycles. The lowest BCUT2D eigenvalue weighted by Crippen LogP contribution is -2.12. The SMILES string of the molecule is CC(C)COC(=O)C(C#N)=C(C#N)c1cccc(C#N)c1O. The summed E-state index contributed by atoms with van der Waals surface area (Å²) in [6, 6.07) is 9.26. The van der Waals surface area contributed by atoms with Crippen molar-refractivity contribution in [3.63, 3.8) is 0 Å². The highest BCUT2D eigenvalue weighted by Gasteiger charge is 2.21. The average molecular weight is 295 g/mol. The Morgan fingerprint density at radius 3 is 2.45 bits per heavy atom. The first kappa shape index (κ1) is 16.8. The van der Waals surface area contributed by atoms with Gasteiger partial charge in [-0.3, -0.25) is 0 Å². The van der Waals surface area contributed by atoms with Crippen molar-refractivity contribution in [1.82, 2.24) is 0 Å². The van der Waals surface area contributed by atoms with Crippen LogP contribution in [0.25, 0.3) is 5.57 Å². The second kappa shape index (κ2) is 7.47. The molecule has 0 amide bonds. The van der Waals surface area contributed by atoms with Crippen LogP contribution in [0.4, 0.5) is 0 Å². The minimum absolute atomic E-state index is 0.0559. The van der Waals surface area contributed by atoms with Gasteiger partial charge in [0.05, 0.1) is 17.7 Å². The minimum atomic E-state index is -0.936. The molecule has 0 aliphatic heterocycles. The number of para-hydroxylation sites is 1. The van der Waals surface area contributed by atoms with Crippen LogP contribution in [0.15, 0.2) is 23.8 Å². The Morgan fingerprint density at radius 2 is 1.95 bits per heavy atom. The van der Waals surface area contributed by atoms with Gasteiger partial charge in [-0.2, -0.15) is 15.8 Å². The molecule has 0 fully saturated rings. The number of allylic oxidation sites excluding steroid dienone is 1. The van der Waals surface area contributed by atoms with Gasteiger partial charge in [0, 0.05) is 5.56 Å². The van der Waals surface area contributed by atoms with Gasteiger partial charge in [0.15, 0.2) is 5.57 Å². The van der Waals surface area contributed by atoms with Gasteiger partial charge < -0.3 is 9.84 Å². The fraction of sp³-hybridized carbons (Fsp3) is 0.250. The Hall–Kier alpha value is -3.30. The van der Waals surface area contributed by atoms with Gasteiger partial charge in [-0.05, 0) is 18.1 Å². The number of phenols is 1. The number of rotatable bonds is 4. The van der Waals surface area contributed by atoms with Crippen LogP contribution in [0.3, 0.4) is 0 Å². The first-order valence-electron chi connectivity index (χ1n) is 6.40. The molecular weight excluding hydrogens is 282 g/mol. The molecule has 0 unspecified atom stereocenters. The molecule has 1 N–H and O–H groups in total. The molecule has 0 aliphatic rings. The number of benzene rings is 1. The number of phenolic OH excluding ortho intramolecular Hbond substituents is 1. The molecule has 0 aliphatic carbocycles. The Morgan fingerprint density at radius 1 is 1.27 bits per heavy atom. The summed E-state index contributed by atoms with van der Waals surface area (Å²) in [5.74, 6) is -1.31. The molecule has 6 nitrogen and oxygen atoms in total. The van der Waals surface area contributed by atoms with Gasteiger partial charge in [-0.1, -0.05) is 19.9 Å². The number of esters is 1. The summed E-state index contributed by atoms with van der Waals surface area (Å²) >= 11 is 0. The molecule has 0 spiro atoms. The summed E-state index contributed by atoms with van der Waals surface area (Å²) in [5.41, 5.74) is -0.947. The largest absolute Gasteiger partial charge is 0.506 e.